The number of rotatable bonds is 19. The third-order valence-corrected chi connectivity index (χ3v) is 6.10. The minimum absolute atomic E-state index is 0. The third-order valence-electron chi connectivity index (χ3n) is 6.10. The molecule has 2 rings (SSSR count). The van der Waals surface area contributed by atoms with Gasteiger partial charge >= 0.3 is 5.97 Å². The largest absolute Gasteiger partial charge is 0.503 e. The van der Waals surface area contributed by atoms with E-state index in [2.05, 4.69) is 12.7 Å². The maximum Gasteiger partial charge on any atom is 0.333 e. The van der Waals surface area contributed by atoms with Gasteiger partial charge in [-0.15, -0.1) is 23.8 Å². The van der Waals surface area contributed by atoms with E-state index in [0.29, 0.717) is 36.0 Å². The van der Waals surface area contributed by atoms with Crippen LogP contribution in [0.25, 0.3) is 6.08 Å². The van der Waals surface area contributed by atoms with E-state index in [4.69, 9.17) is 23.7 Å². The minimum atomic E-state index is -0.289. The number of hydrogen-bond donors (Lipinski definition) is 0. The SMILES string of the molecule is C=C(C)C(=O)OCCCCCCCCCCCOc1ccc(C=[C-]c2ccc(OC)c(OC)c2)cc1OC.[Zn]. The van der Waals surface area contributed by atoms with Crippen molar-refractivity contribution in [1.29, 1.82) is 0 Å². The Kier molecular flexibility index (Phi) is 17.7. The molecule has 0 spiro atoms. The fraction of sp³-hybridized carbons (Fsp3) is 0.469. The molecule has 2 aromatic carbocycles. The first-order valence-corrected chi connectivity index (χ1v) is 13.4. The second kappa shape index (κ2) is 20.2. The smallest absolute Gasteiger partial charge is 0.333 e. The van der Waals surface area contributed by atoms with Crippen LogP contribution in [-0.4, -0.2) is 40.5 Å². The summed E-state index contributed by atoms with van der Waals surface area (Å²) >= 11 is 0. The predicted molar refractivity (Wildman–Crippen MR) is 152 cm³/mol. The van der Waals surface area contributed by atoms with Crippen molar-refractivity contribution >= 4 is 12.0 Å². The van der Waals surface area contributed by atoms with Crippen molar-refractivity contribution in [1.82, 2.24) is 0 Å². The van der Waals surface area contributed by atoms with E-state index >= 15 is 0 Å². The molecule has 6 nitrogen and oxygen atoms in total. The first-order chi connectivity index (χ1) is 18.5. The number of carbonyl (C=O) groups is 1. The van der Waals surface area contributed by atoms with Crippen molar-refractivity contribution < 1.29 is 48.0 Å². The molecule has 0 unspecified atom stereocenters. The van der Waals surface area contributed by atoms with Gasteiger partial charge in [0, 0.05) is 25.1 Å². The molecule has 0 atom stereocenters. The molecule has 0 fully saturated rings. The van der Waals surface area contributed by atoms with Gasteiger partial charge in [-0.3, -0.25) is 0 Å². The van der Waals surface area contributed by atoms with Crippen LogP contribution in [0.3, 0.4) is 0 Å². The van der Waals surface area contributed by atoms with E-state index in [1.54, 1.807) is 28.3 Å². The molecular weight excluding hydrogens is 546 g/mol. The van der Waals surface area contributed by atoms with E-state index in [1.807, 2.05) is 42.5 Å². The van der Waals surface area contributed by atoms with Crippen molar-refractivity contribution in [3.8, 4) is 23.0 Å². The summed E-state index contributed by atoms with van der Waals surface area (Å²) in [5.74, 6) is 2.53. The third kappa shape index (κ3) is 13.2. The number of unbranched alkanes of at least 4 members (excludes halogenated alkanes) is 8. The summed E-state index contributed by atoms with van der Waals surface area (Å²) in [6.45, 7) is 6.42. The Balaban J connectivity index is 0.00000760. The maximum atomic E-state index is 11.3. The van der Waals surface area contributed by atoms with E-state index < -0.39 is 0 Å². The van der Waals surface area contributed by atoms with Gasteiger partial charge in [-0.2, -0.15) is 0 Å². The Morgan fingerprint density at radius 3 is 1.87 bits per heavy atom. The van der Waals surface area contributed by atoms with Gasteiger partial charge in [-0.1, -0.05) is 81.4 Å². The quantitative estimate of drug-likeness (QED) is 0.0421. The molecule has 0 bridgehead atoms. The second-order valence-electron chi connectivity index (χ2n) is 9.22. The van der Waals surface area contributed by atoms with Crippen LogP contribution in [0.4, 0.5) is 0 Å². The Hall–Kier alpha value is -2.79. The maximum absolute atomic E-state index is 11.3. The van der Waals surface area contributed by atoms with Gasteiger partial charge in [0.1, 0.15) is 11.5 Å². The van der Waals surface area contributed by atoms with Gasteiger partial charge in [0.15, 0.2) is 11.5 Å². The summed E-state index contributed by atoms with van der Waals surface area (Å²) in [5, 5.41) is 0. The number of methoxy groups -OCH3 is 3. The van der Waals surface area contributed by atoms with Crippen LogP contribution in [-0.2, 0) is 29.0 Å². The summed E-state index contributed by atoms with van der Waals surface area (Å²) in [4.78, 5) is 11.3. The normalized spacial score (nSPS) is 10.6. The Labute approximate surface area is 247 Å². The summed E-state index contributed by atoms with van der Waals surface area (Å²) in [5.41, 5.74) is 2.32. The molecule has 0 saturated carbocycles. The zero-order chi connectivity index (χ0) is 27.6. The molecule has 0 heterocycles. The van der Waals surface area contributed by atoms with Crippen LogP contribution < -0.4 is 18.9 Å². The van der Waals surface area contributed by atoms with Crippen molar-refractivity contribution in [2.45, 2.75) is 64.7 Å². The van der Waals surface area contributed by atoms with Crippen LogP contribution in [0.15, 0.2) is 48.6 Å². The van der Waals surface area contributed by atoms with Crippen molar-refractivity contribution in [2.24, 2.45) is 0 Å². The molecule has 0 aliphatic carbocycles. The molecule has 0 aliphatic rings. The van der Waals surface area contributed by atoms with Crippen LogP contribution in [0.2, 0.25) is 0 Å². The number of benzene rings is 2. The standard InChI is InChI=1S/C32H43O6.Zn/c1-25(2)32(33)38-22-14-12-10-8-6-7-9-11-13-21-37-29-20-18-27(24-31(29)36-5)16-15-26-17-19-28(34-3)30(23-26)35-4;/h16-20,23-24H,1,6-14,21-22H2,2-5H3;/q-1;. The first-order valence-electron chi connectivity index (χ1n) is 13.4. The van der Waals surface area contributed by atoms with Gasteiger partial charge in [0.25, 0.3) is 0 Å². The van der Waals surface area contributed by atoms with Crippen LogP contribution in [0, 0.1) is 6.08 Å². The number of esters is 1. The molecule has 210 valence electrons. The van der Waals surface area contributed by atoms with Crippen molar-refractivity contribution in [2.75, 3.05) is 34.5 Å². The molecular formula is C32H43O6Zn-. The molecule has 0 saturated heterocycles. The van der Waals surface area contributed by atoms with Gasteiger partial charge in [-0.25, -0.2) is 4.79 Å². The molecule has 39 heavy (non-hydrogen) atoms. The zero-order valence-corrected chi connectivity index (χ0v) is 27.2. The Bertz CT molecular complexity index is 1030. The fourth-order valence-electron chi connectivity index (χ4n) is 3.90. The molecule has 0 radical (unpaired) electrons. The van der Waals surface area contributed by atoms with Gasteiger partial charge in [0.2, 0.25) is 0 Å². The van der Waals surface area contributed by atoms with E-state index in [9.17, 15) is 4.79 Å². The van der Waals surface area contributed by atoms with Gasteiger partial charge in [-0.05, 0) is 25.8 Å². The molecule has 0 N–H and O–H groups in total. The van der Waals surface area contributed by atoms with Crippen molar-refractivity contribution in [3.63, 3.8) is 0 Å². The molecule has 0 aliphatic heterocycles. The first kappa shape index (κ1) is 34.2. The van der Waals surface area contributed by atoms with Crippen LogP contribution >= 0.6 is 0 Å². The number of ether oxygens (including phenoxy) is 5. The minimum Gasteiger partial charge on any atom is -0.503 e. The summed E-state index contributed by atoms with van der Waals surface area (Å²) in [7, 11) is 4.89. The molecule has 7 heteroatoms. The van der Waals surface area contributed by atoms with E-state index in [-0.39, 0.29) is 25.4 Å². The zero-order valence-electron chi connectivity index (χ0n) is 24.2. The molecule has 2 aromatic rings. The van der Waals surface area contributed by atoms with Gasteiger partial charge < -0.3 is 23.7 Å². The van der Waals surface area contributed by atoms with Gasteiger partial charge in [0.05, 0.1) is 34.5 Å². The number of hydrogen-bond acceptors (Lipinski definition) is 6. The van der Waals surface area contributed by atoms with Crippen LogP contribution in [0.1, 0.15) is 75.8 Å². The average Bonchev–Trinajstić information content (AvgIpc) is 2.94. The summed E-state index contributed by atoms with van der Waals surface area (Å²) in [6, 6.07) is 11.6. The monoisotopic (exact) mass is 587 g/mol. The van der Waals surface area contributed by atoms with E-state index in [1.165, 1.54) is 32.1 Å². The Morgan fingerprint density at radius 2 is 1.28 bits per heavy atom. The Morgan fingerprint density at radius 1 is 0.744 bits per heavy atom. The van der Waals surface area contributed by atoms with Crippen molar-refractivity contribution in [3.05, 3.63) is 65.8 Å². The molecule has 0 aromatic heterocycles. The summed E-state index contributed by atoms with van der Waals surface area (Å²) < 4.78 is 27.3. The predicted octanol–water partition coefficient (Wildman–Crippen LogP) is 7.58. The summed E-state index contributed by atoms with van der Waals surface area (Å²) in [6.07, 6.45) is 15.5. The fourth-order valence-corrected chi connectivity index (χ4v) is 3.90. The topological polar surface area (TPSA) is 63.2 Å². The number of carbonyl (C=O) groups excluding carboxylic acids is 1. The molecule has 0 amide bonds. The van der Waals surface area contributed by atoms with Crippen LogP contribution in [0.5, 0.6) is 23.0 Å². The van der Waals surface area contributed by atoms with E-state index in [0.717, 1.165) is 42.6 Å². The average molecular weight is 589 g/mol. The second-order valence-corrected chi connectivity index (χ2v) is 9.22.